The highest BCUT2D eigenvalue weighted by Gasteiger charge is 2.22. The van der Waals surface area contributed by atoms with Crippen LogP contribution in [0.4, 0.5) is 0 Å². The number of hydrogen-bond acceptors (Lipinski definition) is 6. The lowest BCUT2D eigenvalue weighted by Crippen LogP contribution is -2.52. The molecule has 1 amide bonds. The Morgan fingerprint density at radius 3 is 2.60 bits per heavy atom. The summed E-state index contributed by atoms with van der Waals surface area (Å²) in [7, 11) is 0. The first-order chi connectivity index (χ1) is 11.8. The number of aliphatic hydroxyl groups is 1. The van der Waals surface area contributed by atoms with Gasteiger partial charge in [-0.3, -0.25) is 14.6 Å². The minimum Gasteiger partial charge on any atom is -0.389 e. The highest BCUT2D eigenvalue weighted by Crippen LogP contribution is 2.10. The van der Waals surface area contributed by atoms with Gasteiger partial charge < -0.3 is 15.2 Å². The molecule has 0 spiro atoms. The molecule has 1 aliphatic heterocycles. The number of carbonyl (C=O) groups is 1. The van der Waals surface area contributed by atoms with Gasteiger partial charge in [-0.25, -0.2) is 0 Å². The second-order valence-electron chi connectivity index (χ2n) is 7.62. The first-order valence-electron chi connectivity index (χ1n) is 8.86. The van der Waals surface area contributed by atoms with Gasteiger partial charge in [0.1, 0.15) is 0 Å². The van der Waals surface area contributed by atoms with Crippen molar-refractivity contribution < 1.29 is 14.6 Å². The zero-order chi connectivity index (χ0) is 18.3. The molecule has 0 aromatic carbocycles. The summed E-state index contributed by atoms with van der Waals surface area (Å²) < 4.78 is 5.57. The molecule has 1 aromatic heterocycles. The third-order valence-corrected chi connectivity index (χ3v) is 4.80. The Balaban J connectivity index is 1.59. The number of thiophene rings is 1. The van der Waals surface area contributed by atoms with Crippen LogP contribution in [0.2, 0.25) is 0 Å². The van der Waals surface area contributed by atoms with Gasteiger partial charge in [0.15, 0.2) is 0 Å². The van der Waals surface area contributed by atoms with Crippen LogP contribution in [0.1, 0.15) is 25.6 Å². The van der Waals surface area contributed by atoms with E-state index >= 15 is 0 Å². The molecule has 0 aliphatic carbocycles. The molecule has 0 saturated carbocycles. The number of nitrogens with one attached hydrogen (secondary N) is 1. The average molecular weight is 370 g/mol. The van der Waals surface area contributed by atoms with Gasteiger partial charge in [0.25, 0.3) is 0 Å². The first kappa shape index (κ1) is 20.3. The molecular formula is C18H31N3O3S. The molecule has 0 bridgehead atoms. The molecule has 25 heavy (non-hydrogen) atoms. The Morgan fingerprint density at radius 1 is 1.32 bits per heavy atom. The van der Waals surface area contributed by atoms with E-state index in [0.29, 0.717) is 26.3 Å². The van der Waals surface area contributed by atoms with Crippen molar-refractivity contribution in [2.45, 2.75) is 39.0 Å². The largest absolute Gasteiger partial charge is 0.389 e. The number of ether oxygens (including phenoxy) is 1. The van der Waals surface area contributed by atoms with Crippen LogP contribution in [0.25, 0.3) is 0 Å². The summed E-state index contributed by atoms with van der Waals surface area (Å²) in [6.45, 7) is 11.4. The van der Waals surface area contributed by atoms with Gasteiger partial charge >= 0.3 is 0 Å². The van der Waals surface area contributed by atoms with Crippen molar-refractivity contribution in [3.63, 3.8) is 0 Å². The van der Waals surface area contributed by atoms with Crippen molar-refractivity contribution in [1.29, 1.82) is 0 Å². The molecule has 1 aliphatic rings. The Hall–Kier alpha value is -0.990. The van der Waals surface area contributed by atoms with E-state index in [0.717, 1.165) is 26.2 Å². The molecule has 1 aromatic rings. The lowest BCUT2D eigenvalue weighted by atomic mass is 10.1. The van der Waals surface area contributed by atoms with E-state index in [4.69, 9.17) is 4.74 Å². The van der Waals surface area contributed by atoms with Crippen LogP contribution < -0.4 is 5.32 Å². The maximum absolute atomic E-state index is 12.0. The summed E-state index contributed by atoms with van der Waals surface area (Å²) in [5.74, 6) is 0.0722. The van der Waals surface area contributed by atoms with Gasteiger partial charge in [0.05, 0.1) is 25.9 Å². The van der Waals surface area contributed by atoms with Crippen LogP contribution in [0.3, 0.4) is 0 Å². The third kappa shape index (κ3) is 8.29. The van der Waals surface area contributed by atoms with Gasteiger partial charge in [0, 0.05) is 43.1 Å². The molecular weight excluding hydrogens is 338 g/mol. The Kier molecular flexibility index (Phi) is 7.83. The minimum atomic E-state index is -0.476. The molecule has 0 unspecified atom stereocenters. The molecule has 7 heteroatoms. The molecule has 2 rings (SSSR count). The average Bonchev–Trinajstić information content (AvgIpc) is 3.00. The topological polar surface area (TPSA) is 65.0 Å². The van der Waals surface area contributed by atoms with Crippen molar-refractivity contribution in [3.8, 4) is 0 Å². The zero-order valence-electron chi connectivity index (χ0n) is 15.5. The number of nitrogens with zero attached hydrogens (tertiary/aromatic N) is 2. The highest BCUT2D eigenvalue weighted by molar-refractivity contribution is 7.09. The first-order valence-corrected chi connectivity index (χ1v) is 9.74. The fourth-order valence-corrected chi connectivity index (χ4v) is 3.47. The third-order valence-electron chi connectivity index (χ3n) is 3.95. The van der Waals surface area contributed by atoms with Gasteiger partial charge in [-0.15, -0.1) is 11.3 Å². The van der Waals surface area contributed by atoms with E-state index in [-0.39, 0.29) is 11.4 Å². The van der Waals surface area contributed by atoms with Crippen molar-refractivity contribution in [1.82, 2.24) is 15.1 Å². The zero-order valence-corrected chi connectivity index (χ0v) is 16.3. The smallest absolute Gasteiger partial charge is 0.234 e. The van der Waals surface area contributed by atoms with E-state index < -0.39 is 6.10 Å². The number of carbonyl (C=O) groups excluding carboxylic acids is 1. The maximum Gasteiger partial charge on any atom is 0.234 e. The van der Waals surface area contributed by atoms with Crippen LogP contribution in [-0.4, -0.2) is 78.3 Å². The summed E-state index contributed by atoms with van der Waals surface area (Å²) >= 11 is 1.66. The van der Waals surface area contributed by atoms with E-state index in [1.54, 1.807) is 11.3 Å². The summed E-state index contributed by atoms with van der Waals surface area (Å²) in [6.07, 6.45) is -0.476. The van der Waals surface area contributed by atoms with Crippen LogP contribution in [0, 0.1) is 0 Å². The molecule has 1 saturated heterocycles. The van der Waals surface area contributed by atoms with Gasteiger partial charge in [-0.2, -0.15) is 0 Å². The van der Waals surface area contributed by atoms with E-state index in [2.05, 4.69) is 15.1 Å². The van der Waals surface area contributed by atoms with Gasteiger partial charge in [0.2, 0.25) is 5.91 Å². The van der Waals surface area contributed by atoms with E-state index in [1.165, 1.54) is 4.88 Å². The van der Waals surface area contributed by atoms with Crippen molar-refractivity contribution in [2.75, 3.05) is 45.9 Å². The highest BCUT2D eigenvalue weighted by atomic mass is 32.1. The van der Waals surface area contributed by atoms with Gasteiger partial charge in [-0.05, 0) is 32.2 Å². The number of amides is 1. The second-order valence-corrected chi connectivity index (χ2v) is 8.66. The number of hydrogen-bond donors (Lipinski definition) is 2. The predicted molar refractivity (Wildman–Crippen MR) is 101 cm³/mol. The molecule has 1 atom stereocenters. The Labute approximate surface area is 154 Å². The molecule has 1 fully saturated rings. The van der Waals surface area contributed by atoms with Crippen molar-refractivity contribution in [3.05, 3.63) is 22.4 Å². The monoisotopic (exact) mass is 369 g/mol. The summed E-state index contributed by atoms with van der Waals surface area (Å²) in [4.78, 5) is 17.6. The summed E-state index contributed by atoms with van der Waals surface area (Å²) in [5, 5.41) is 15.1. The van der Waals surface area contributed by atoms with Crippen molar-refractivity contribution >= 4 is 17.2 Å². The number of piperazine rings is 1. The summed E-state index contributed by atoms with van der Waals surface area (Å²) in [6, 6.07) is 4.03. The lowest BCUT2D eigenvalue weighted by Gasteiger charge is -2.35. The van der Waals surface area contributed by atoms with E-state index in [1.807, 2.05) is 38.3 Å². The number of β-amino-alcohol motifs (C(OH)–C–C–N with tert-alkyl or cyclic N) is 1. The molecule has 2 heterocycles. The van der Waals surface area contributed by atoms with Crippen LogP contribution in [-0.2, 0) is 16.1 Å². The normalized spacial score (nSPS) is 18.2. The molecule has 2 N–H and O–H groups in total. The van der Waals surface area contributed by atoms with Crippen LogP contribution >= 0.6 is 11.3 Å². The number of aliphatic hydroxyl groups excluding tert-OH is 1. The van der Waals surface area contributed by atoms with E-state index in [9.17, 15) is 9.90 Å². The molecule has 142 valence electrons. The lowest BCUT2D eigenvalue weighted by molar-refractivity contribution is -0.124. The Bertz CT molecular complexity index is 508. The molecule has 0 radical (unpaired) electrons. The maximum atomic E-state index is 12.0. The number of rotatable bonds is 8. The van der Waals surface area contributed by atoms with Crippen molar-refractivity contribution in [2.24, 2.45) is 0 Å². The molecule has 6 nitrogen and oxygen atoms in total. The second kappa shape index (κ2) is 9.64. The summed E-state index contributed by atoms with van der Waals surface area (Å²) in [5.41, 5.74) is -0.188. The van der Waals surface area contributed by atoms with Crippen LogP contribution in [0.15, 0.2) is 17.5 Å². The SMILES string of the molecule is CC(C)(C)NC(=O)CN1CCN(C[C@H](O)COCc2cccs2)CC1. The predicted octanol–water partition coefficient (Wildman–Crippen LogP) is 1.16. The fraction of sp³-hybridized carbons (Fsp3) is 0.722. The van der Waals surface area contributed by atoms with Crippen LogP contribution in [0.5, 0.6) is 0 Å². The Morgan fingerprint density at radius 2 is 2.00 bits per heavy atom. The standard InChI is InChI=1S/C18H31N3O3S/c1-18(2,3)19-17(23)12-21-8-6-20(7-9-21)11-15(22)13-24-14-16-5-4-10-25-16/h4-5,10,15,22H,6-9,11-14H2,1-3H3,(H,19,23)/t15-/m0/s1. The fourth-order valence-electron chi connectivity index (χ4n) is 2.83. The minimum absolute atomic E-state index is 0.0722. The quantitative estimate of drug-likeness (QED) is 0.720. The van der Waals surface area contributed by atoms with Gasteiger partial charge in [-0.1, -0.05) is 6.07 Å².